The van der Waals surface area contributed by atoms with Crippen molar-refractivity contribution < 1.29 is 4.79 Å². The molecule has 4 nitrogen and oxygen atoms in total. The summed E-state index contributed by atoms with van der Waals surface area (Å²) in [6.07, 6.45) is 0. The Balaban J connectivity index is 3.08. The molecule has 0 radical (unpaired) electrons. The second kappa shape index (κ2) is 3.70. The molecule has 1 heterocycles. The van der Waals surface area contributed by atoms with Gasteiger partial charge < -0.3 is 4.90 Å². The summed E-state index contributed by atoms with van der Waals surface area (Å²) in [5.41, 5.74) is 0.322. The minimum atomic E-state index is -0.174. The highest BCUT2D eigenvalue weighted by Crippen LogP contribution is 2.07. The van der Waals surface area contributed by atoms with Crippen LogP contribution in [0.1, 0.15) is 16.3 Å². The summed E-state index contributed by atoms with van der Waals surface area (Å²) >= 11 is 5.68. The summed E-state index contributed by atoms with van der Waals surface area (Å²) in [4.78, 5) is 20.7. The van der Waals surface area contributed by atoms with Crippen LogP contribution in [0.3, 0.4) is 0 Å². The smallest absolute Gasteiger partial charge is 0.272 e. The molecule has 1 aromatic heterocycles. The van der Waals surface area contributed by atoms with E-state index >= 15 is 0 Å². The van der Waals surface area contributed by atoms with E-state index in [1.807, 2.05) is 0 Å². The molecule has 70 valence electrons. The first-order chi connectivity index (χ1) is 6.00. The van der Waals surface area contributed by atoms with Gasteiger partial charge in [0.25, 0.3) is 5.91 Å². The van der Waals surface area contributed by atoms with Crippen LogP contribution >= 0.6 is 11.6 Å². The molecule has 5 heteroatoms. The molecule has 0 fully saturated rings. The molecule has 1 aromatic rings. The summed E-state index contributed by atoms with van der Waals surface area (Å²) in [5, 5.41) is 0.290. The van der Waals surface area contributed by atoms with Gasteiger partial charge in [-0.05, 0) is 6.92 Å². The van der Waals surface area contributed by atoms with Gasteiger partial charge >= 0.3 is 0 Å². The second-order valence-electron chi connectivity index (χ2n) is 2.82. The number of halogens is 1. The van der Waals surface area contributed by atoms with Gasteiger partial charge in [-0.15, -0.1) is 0 Å². The topological polar surface area (TPSA) is 46.1 Å². The first-order valence-electron chi connectivity index (χ1n) is 3.73. The monoisotopic (exact) mass is 199 g/mol. The Kier molecular flexibility index (Phi) is 2.83. The van der Waals surface area contributed by atoms with Gasteiger partial charge in [-0.25, -0.2) is 9.97 Å². The maximum Gasteiger partial charge on any atom is 0.272 e. The molecule has 13 heavy (non-hydrogen) atoms. The van der Waals surface area contributed by atoms with E-state index in [0.717, 1.165) is 0 Å². The van der Waals surface area contributed by atoms with Gasteiger partial charge in [-0.2, -0.15) is 0 Å². The van der Waals surface area contributed by atoms with Crippen LogP contribution in [0, 0.1) is 6.92 Å². The number of aromatic nitrogens is 2. The number of aryl methyl sites for hydroxylation is 1. The number of rotatable bonds is 1. The number of hydrogen-bond acceptors (Lipinski definition) is 3. The minimum Gasteiger partial charge on any atom is -0.343 e. The van der Waals surface area contributed by atoms with Crippen molar-refractivity contribution in [1.29, 1.82) is 0 Å². The molecular formula is C8H10ClN3O. The van der Waals surface area contributed by atoms with Gasteiger partial charge in [0.15, 0.2) is 0 Å². The molecular weight excluding hydrogens is 190 g/mol. The molecule has 0 aliphatic carbocycles. The van der Waals surface area contributed by atoms with E-state index in [2.05, 4.69) is 9.97 Å². The molecule has 0 aliphatic heterocycles. The van der Waals surface area contributed by atoms with E-state index in [9.17, 15) is 4.79 Å². The predicted octanol–water partition coefficient (Wildman–Crippen LogP) is 1.14. The Morgan fingerprint density at radius 2 is 2.08 bits per heavy atom. The molecule has 0 bridgehead atoms. The zero-order valence-corrected chi connectivity index (χ0v) is 8.46. The van der Waals surface area contributed by atoms with Crippen molar-refractivity contribution in [3.8, 4) is 0 Å². The Hall–Kier alpha value is -1.16. The second-order valence-corrected chi connectivity index (χ2v) is 3.21. The lowest BCUT2D eigenvalue weighted by atomic mass is 10.3. The highest BCUT2D eigenvalue weighted by atomic mass is 35.5. The molecule has 0 unspecified atom stereocenters. The third kappa shape index (κ3) is 2.39. The summed E-state index contributed by atoms with van der Waals surface area (Å²) in [6, 6.07) is 1.46. The van der Waals surface area contributed by atoms with Crippen LogP contribution in [0.15, 0.2) is 6.07 Å². The quantitative estimate of drug-likeness (QED) is 0.638. The summed E-state index contributed by atoms with van der Waals surface area (Å²) < 4.78 is 0. The molecule has 0 aromatic carbocycles. The lowest BCUT2D eigenvalue weighted by molar-refractivity contribution is 0.0821. The highest BCUT2D eigenvalue weighted by Gasteiger charge is 2.10. The molecule has 0 aliphatic rings. The first-order valence-corrected chi connectivity index (χ1v) is 4.11. The summed E-state index contributed by atoms with van der Waals surface area (Å²) in [6.45, 7) is 1.69. The Bertz CT molecular complexity index is 318. The lowest BCUT2D eigenvalue weighted by Gasteiger charge is -2.09. The molecule has 1 rings (SSSR count). The zero-order chi connectivity index (χ0) is 10.0. The standard InChI is InChI=1S/C8H10ClN3O/c1-5-10-6(4-7(9)11-5)8(13)12(2)3/h4H,1-3H3. The molecule has 0 spiro atoms. The Labute approximate surface area is 81.6 Å². The van der Waals surface area contributed by atoms with Crippen LogP contribution < -0.4 is 0 Å². The predicted molar refractivity (Wildman–Crippen MR) is 49.8 cm³/mol. The largest absolute Gasteiger partial charge is 0.343 e. The lowest BCUT2D eigenvalue weighted by Crippen LogP contribution is -2.23. The first kappa shape index (κ1) is 9.92. The van der Waals surface area contributed by atoms with Crippen molar-refractivity contribution in [1.82, 2.24) is 14.9 Å². The van der Waals surface area contributed by atoms with E-state index in [4.69, 9.17) is 11.6 Å². The SMILES string of the molecule is Cc1nc(Cl)cc(C(=O)N(C)C)n1. The average molecular weight is 200 g/mol. The Morgan fingerprint density at radius 1 is 1.46 bits per heavy atom. The van der Waals surface area contributed by atoms with Crippen molar-refractivity contribution in [2.75, 3.05) is 14.1 Å². The van der Waals surface area contributed by atoms with Crippen LogP contribution in [-0.4, -0.2) is 34.9 Å². The van der Waals surface area contributed by atoms with Crippen molar-refractivity contribution in [3.63, 3.8) is 0 Å². The molecule has 0 atom stereocenters. The molecule has 1 amide bonds. The van der Waals surface area contributed by atoms with Gasteiger partial charge in [-0.1, -0.05) is 11.6 Å². The van der Waals surface area contributed by atoms with Crippen LogP contribution in [0.25, 0.3) is 0 Å². The number of carbonyl (C=O) groups excluding carboxylic acids is 1. The minimum absolute atomic E-state index is 0.174. The zero-order valence-electron chi connectivity index (χ0n) is 7.71. The van der Waals surface area contributed by atoms with Gasteiger partial charge in [0.05, 0.1) is 0 Å². The van der Waals surface area contributed by atoms with Gasteiger partial charge in [0.1, 0.15) is 16.7 Å². The van der Waals surface area contributed by atoms with Crippen molar-refractivity contribution in [3.05, 3.63) is 22.7 Å². The highest BCUT2D eigenvalue weighted by molar-refractivity contribution is 6.29. The average Bonchev–Trinajstić information content (AvgIpc) is 2.01. The molecule has 0 N–H and O–H groups in total. The number of carbonyl (C=O) groups is 1. The van der Waals surface area contributed by atoms with Gasteiger partial charge in [0.2, 0.25) is 0 Å². The number of amides is 1. The van der Waals surface area contributed by atoms with Crippen LogP contribution in [0.2, 0.25) is 5.15 Å². The maximum absolute atomic E-state index is 11.4. The summed E-state index contributed by atoms with van der Waals surface area (Å²) in [5.74, 6) is 0.324. The fourth-order valence-corrected chi connectivity index (χ4v) is 1.10. The maximum atomic E-state index is 11.4. The van der Waals surface area contributed by atoms with Gasteiger partial charge in [0, 0.05) is 20.2 Å². The van der Waals surface area contributed by atoms with Crippen molar-refractivity contribution in [2.45, 2.75) is 6.92 Å². The van der Waals surface area contributed by atoms with Crippen molar-refractivity contribution in [2.24, 2.45) is 0 Å². The van der Waals surface area contributed by atoms with E-state index in [-0.39, 0.29) is 11.1 Å². The van der Waals surface area contributed by atoms with E-state index in [1.165, 1.54) is 11.0 Å². The fourth-order valence-electron chi connectivity index (χ4n) is 0.870. The fraction of sp³-hybridized carbons (Fsp3) is 0.375. The van der Waals surface area contributed by atoms with Crippen LogP contribution in [0.4, 0.5) is 0 Å². The van der Waals surface area contributed by atoms with Crippen LogP contribution in [0.5, 0.6) is 0 Å². The molecule has 0 saturated carbocycles. The van der Waals surface area contributed by atoms with E-state index < -0.39 is 0 Å². The number of nitrogens with zero attached hydrogens (tertiary/aromatic N) is 3. The normalized spacial score (nSPS) is 9.85. The van der Waals surface area contributed by atoms with Crippen molar-refractivity contribution >= 4 is 17.5 Å². The third-order valence-electron chi connectivity index (χ3n) is 1.43. The van der Waals surface area contributed by atoms with E-state index in [1.54, 1.807) is 21.0 Å². The summed E-state index contributed by atoms with van der Waals surface area (Å²) in [7, 11) is 3.32. The Morgan fingerprint density at radius 3 is 2.54 bits per heavy atom. The molecule has 0 saturated heterocycles. The van der Waals surface area contributed by atoms with E-state index in [0.29, 0.717) is 11.5 Å². The van der Waals surface area contributed by atoms with Gasteiger partial charge in [-0.3, -0.25) is 4.79 Å². The number of hydrogen-bond donors (Lipinski definition) is 0. The third-order valence-corrected chi connectivity index (χ3v) is 1.63. The van der Waals surface area contributed by atoms with Crippen LogP contribution in [-0.2, 0) is 0 Å².